The molecule has 6 heteroatoms. The molecule has 1 amide bonds. The highest BCUT2D eigenvalue weighted by Gasteiger charge is 2.17. The molecule has 0 aliphatic carbocycles. The van der Waals surface area contributed by atoms with Crippen LogP contribution < -0.4 is 5.32 Å². The van der Waals surface area contributed by atoms with Crippen molar-refractivity contribution in [2.45, 2.75) is 52.6 Å². The number of aromatic nitrogens is 3. The molecule has 1 aromatic rings. The van der Waals surface area contributed by atoms with E-state index in [1.54, 1.807) is 4.57 Å². The third kappa shape index (κ3) is 3.96. The summed E-state index contributed by atoms with van der Waals surface area (Å²) in [6.07, 6.45) is 0. The van der Waals surface area contributed by atoms with E-state index in [0.717, 1.165) is 5.82 Å². The molecular weight excluding hydrogens is 236 g/mol. The maximum Gasteiger partial charge on any atom is 0.240 e. The molecule has 2 N–H and O–H groups in total. The van der Waals surface area contributed by atoms with Crippen LogP contribution in [-0.4, -0.2) is 26.2 Å². The van der Waals surface area contributed by atoms with Gasteiger partial charge in [-0.25, -0.2) is 0 Å². The second-order valence-electron chi connectivity index (χ2n) is 5.43. The zero-order valence-corrected chi connectivity index (χ0v) is 11.8. The van der Waals surface area contributed by atoms with Crippen LogP contribution in [0, 0.1) is 4.77 Å². The van der Waals surface area contributed by atoms with Gasteiger partial charge < -0.3 is 5.32 Å². The number of rotatable bonds is 3. The van der Waals surface area contributed by atoms with Crippen molar-refractivity contribution in [3.05, 3.63) is 10.6 Å². The first-order valence-electron chi connectivity index (χ1n) is 5.67. The Kier molecular flexibility index (Phi) is 4.08. The summed E-state index contributed by atoms with van der Waals surface area (Å²) in [5.74, 6) is 0.973. The third-order valence-electron chi connectivity index (χ3n) is 2.12. The van der Waals surface area contributed by atoms with E-state index in [4.69, 9.17) is 12.2 Å². The van der Waals surface area contributed by atoms with Gasteiger partial charge in [-0.3, -0.25) is 14.5 Å². The number of nitrogens with zero attached hydrogens (tertiary/aromatic N) is 2. The predicted molar refractivity (Wildman–Crippen MR) is 69.4 cm³/mol. The van der Waals surface area contributed by atoms with Crippen LogP contribution in [0.5, 0.6) is 0 Å². The van der Waals surface area contributed by atoms with Crippen molar-refractivity contribution < 1.29 is 4.79 Å². The van der Waals surface area contributed by atoms with Gasteiger partial charge in [0.05, 0.1) is 0 Å². The predicted octanol–water partition coefficient (Wildman–Crippen LogP) is 1.98. The Morgan fingerprint density at radius 1 is 1.53 bits per heavy atom. The minimum Gasteiger partial charge on any atom is -0.350 e. The van der Waals surface area contributed by atoms with Crippen LogP contribution in [0.25, 0.3) is 0 Å². The van der Waals surface area contributed by atoms with Gasteiger partial charge in [0.25, 0.3) is 0 Å². The van der Waals surface area contributed by atoms with Gasteiger partial charge in [-0.05, 0) is 33.0 Å². The minimum absolute atomic E-state index is 0.0584. The summed E-state index contributed by atoms with van der Waals surface area (Å²) >= 11 is 5.12. The molecule has 0 unspecified atom stereocenters. The van der Waals surface area contributed by atoms with Crippen LogP contribution in [-0.2, 0) is 11.3 Å². The van der Waals surface area contributed by atoms with E-state index in [2.05, 4.69) is 15.5 Å². The Morgan fingerprint density at radius 3 is 2.59 bits per heavy atom. The second kappa shape index (κ2) is 5.00. The summed E-state index contributed by atoms with van der Waals surface area (Å²) in [4.78, 5) is 11.8. The number of nitrogens with one attached hydrogen (secondary N) is 2. The lowest BCUT2D eigenvalue weighted by Crippen LogP contribution is -2.42. The number of hydrogen-bond acceptors (Lipinski definition) is 3. The lowest BCUT2D eigenvalue weighted by atomic mass is 10.1. The topological polar surface area (TPSA) is 62.7 Å². The van der Waals surface area contributed by atoms with Crippen molar-refractivity contribution in [2.24, 2.45) is 0 Å². The van der Waals surface area contributed by atoms with Gasteiger partial charge in [0.1, 0.15) is 12.4 Å². The highest BCUT2D eigenvalue weighted by molar-refractivity contribution is 7.71. The van der Waals surface area contributed by atoms with Crippen LogP contribution in [0.15, 0.2) is 0 Å². The van der Waals surface area contributed by atoms with Crippen LogP contribution in [0.2, 0.25) is 0 Å². The Bertz CT molecular complexity index is 453. The van der Waals surface area contributed by atoms with Crippen molar-refractivity contribution in [1.82, 2.24) is 20.1 Å². The third-order valence-corrected chi connectivity index (χ3v) is 2.43. The largest absolute Gasteiger partial charge is 0.350 e. The monoisotopic (exact) mass is 256 g/mol. The summed E-state index contributed by atoms with van der Waals surface area (Å²) in [6, 6.07) is 0. The molecule has 0 atom stereocenters. The van der Waals surface area contributed by atoms with Crippen LogP contribution in [0.1, 0.15) is 46.4 Å². The highest BCUT2D eigenvalue weighted by atomic mass is 32.1. The average Bonchev–Trinajstić information content (AvgIpc) is 2.44. The molecule has 5 nitrogen and oxygen atoms in total. The van der Waals surface area contributed by atoms with E-state index < -0.39 is 0 Å². The van der Waals surface area contributed by atoms with Crippen LogP contribution >= 0.6 is 12.2 Å². The zero-order chi connectivity index (χ0) is 13.2. The molecule has 0 saturated heterocycles. The molecule has 1 heterocycles. The van der Waals surface area contributed by atoms with Crippen molar-refractivity contribution in [3.63, 3.8) is 0 Å². The van der Waals surface area contributed by atoms with Gasteiger partial charge in [-0.15, -0.1) is 0 Å². The first-order chi connectivity index (χ1) is 7.70. The molecule has 0 fully saturated rings. The van der Waals surface area contributed by atoms with Gasteiger partial charge in [0, 0.05) is 11.5 Å². The molecule has 0 aliphatic heterocycles. The minimum atomic E-state index is -0.235. The van der Waals surface area contributed by atoms with E-state index in [1.165, 1.54) is 0 Å². The van der Waals surface area contributed by atoms with Gasteiger partial charge in [0.2, 0.25) is 5.91 Å². The first-order valence-corrected chi connectivity index (χ1v) is 6.07. The van der Waals surface area contributed by atoms with Crippen molar-refractivity contribution in [2.75, 3.05) is 0 Å². The highest BCUT2D eigenvalue weighted by Crippen LogP contribution is 2.11. The van der Waals surface area contributed by atoms with Gasteiger partial charge in [0.15, 0.2) is 4.77 Å². The molecule has 0 spiro atoms. The van der Waals surface area contributed by atoms with E-state index in [9.17, 15) is 4.79 Å². The van der Waals surface area contributed by atoms with E-state index in [-0.39, 0.29) is 23.9 Å². The van der Waals surface area contributed by atoms with Crippen molar-refractivity contribution >= 4 is 18.1 Å². The van der Waals surface area contributed by atoms with Gasteiger partial charge in [-0.2, -0.15) is 5.10 Å². The first kappa shape index (κ1) is 13.9. The number of carbonyl (C=O) groups is 1. The summed E-state index contributed by atoms with van der Waals surface area (Å²) in [5.41, 5.74) is -0.235. The number of amides is 1. The summed E-state index contributed by atoms with van der Waals surface area (Å²) in [6.45, 7) is 10.1. The van der Waals surface area contributed by atoms with E-state index in [1.807, 2.05) is 34.6 Å². The normalized spacial score (nSPS) is 11.9. The lowest BCUT2D eigenvalue weighted by molar-refractivity contribution is -0.123. The lowest BCUT2D eigenvalue weighted by Gasteiger charge is -2.21. The number of carbonyl (C=O) groups excluding carboxylic acids is 1. The fourth-order valence-corrected chi connectivity index (χ4v) is 1.73. The molecular formula is C11H20N4OS. The Balaban J connectivity index is 2.85. The molecule has 0 saturated carbocycles. The fraction of sp³-hybridized carbons (Fsp3) is 0.727. The summed E-state index contributed by atoms with van der Waals surface area (Å²) < 4.78 is 2.22. The molecule has 17 heavy (non-hydrogen) atoms. The molecule has 96 valence electrons. The van der Waals surface area contributed by atoms with Crippen LogP contribution in [0.3, 0.4) is 0 Å². The van der Waals surface area contributed by atoms with Gasteiger partial charge in [-0.1, -0.05) is 13.8 Å². The smallest absolute Gasteiger partial charge is 0.240 e. The fourth-order valence-electron chi connectivity index (χ4n) is 1.52. The van der Waals surface area contributed by atoms with Crippen molar-refractivity contribution in [3.8, 4) is 0 Å². The quantitative estimate of drug-likeness (QED) is 0.813. The average molecular weight is 256 g/mol. The Labute approximate surface area is 107 Å². The maximum atomic E-state index is 11.8. The zero-order valence-electron chi connectivity index (χ0n) is 11.0. The second-order valence-corrected chi connectivity index (χ2v) is 5.81. The van der Waals surface area contributed by atoms with E-state index >= 15 is 0 Å². The van der Waals surface area contributed by atoms with Gasteiger partial charge >= 0.3 is 0 Å². The Morgan fingerprint density at radius 2 is 2.12 bits per heavy atom. The van der Waals surface area contributed by atoms with Crippen LogP contribution in [0.4, 0.5) is 0 Å². The number of aromatic amines is 1. The van der Waals surface area contributed by atoms with Crippen molar-refractivity contribution in [1.29, 1.82) is 0 Å². The standard InChI is InChI=1S/C11H20N4OS/c1-7(2)9-13-14-10(17)15(9)6-8(16)12-11(3,4)5/h7H,6H2,1-5H3,(H,12,16)(H,14,17). The molecule has 0 aromatic carbocycles. The summed E-state index contributed by atoms with van der Waals surface area (Å²) in [5, 5.41) is 9.76. The SMILES string of the molecule is CC(C)c1n[nH]c(=S)n1CC(=O)NC(C)(C)C. The molecule has 0 bridgehead atoms. The molecule has 0 aliphatic rings. The Hall–Kier alpha value is -1.17. The number of H-pyrrole nitrogens is 1. The number of hydrogen-bond donors (Lipinski definition) is 2. The summed E-state index contributed by atoms with van der Waals surface area (Å²) in [7, 11) is 0. The molecule has 1 rings (SSSR count). The van der Waals surface area contributed by atoms with E-state index in [0.29, 0.717) is 4.77 Å². The molecule has 1 aromatic heterocycles. The molecule has 0 radical (unpaired) electrons. The maximum absolute atomic E-state index is 11.8.